The van der Waals surface area contributed by atoms with Crippen molar-refractivity contribution >= 4 is 18.3 Å². The van der Waals surface area contributed by atoms with Crippen LogP contribution in [0.15, 0.2) is 42.5 Å². The lowest BCUT2D eigenvalue weighted by atomic mass is 9.99. The predicted molar refractivity (Wildman–Crippen MR) is 113 cm³/mol. The zero-order chi connectivity index (χ0) is 19.2. The van der Waals surface area contributed by atoms with Crippen LogP contribution in [-0.4, -0.2) is 44.1 Å². The van der Waals surface area contributed by atoms with Crippen molar-refractivity contribution in [2.24, 2.45) is 0 Å². The number of methoxy groups -OCH3 is 1. The molecule has 0 bridgehead atoms. The molecule has 1 unspecified atom stereocenters. The first kappa shape index (κ1) is 22.2. The molecular formula is C22H28ClFN2O2. The van der Waals surface area contributed by atoms with Crippen LogP contribution in [0.5, 0.6) is 5.75 Å². The topological polar surface area (TPSA) is 41.6 Å². The second-order valence-corrected chi connectivity index (χ2v) is 6.97. The van der Waals surface area contributed by atoms with Gasteiger partial charge in [-0.1, -0.05) is 24.3 Å². The lowest BCUT2D eigenvalue weighted by Gasteiger charge is -2.30. The molecule has 0 saturated carbocycles. The van der Waals surface area contributed by atoms with Crippen LogP contribution in [0, 0.1) is 5.82 Å². The minimum absolute atomic E-state index is 0. The van der Waals surface area contributed by atoms with E-state index in [9.17, 15) is 9.18 Å². The van der Waals surface area contributed by atoms with Gasteiger partial charge in [0.15, 0.2) is 0 Å². The Morgan fingerprint density at radius 3 is 2.43 bits per heavy atom. The molecule has 4 nitrogen and oxygen atoms in total. The molecule has 1 atom stereocenters. The third kappa shape index (κ3) is 5.24. The van der Waals surface area contributed by atoms with Gasteiger partial charge in [0.05, 0.1) is 13.2 Å². The highest BCUT2D eigenvalue weighted by molar-refractivity contribution is 5.85. The Morgan fingerprint density at radius 1 is 1.14 bits per heavy atom. The molecule has 6 heteroatoms. The maximum atomic E-state index is 13.6. The third-order valence-corrected chi connectivity index (χ3v) is 5.18. The van der Waals surface area contributed by atoms with Crippen LogP contribution in [0.2, 0.25) is 0 Å². The van der Waals surface area contributed by atoms with Gasteiger partial charge in [-0.15, -0.1) is 12.4 Å². The van der Waals surface area contributed by atoms with E-state index in [0.29, 0.717) is 12.2 Å². The molecule has 1 amide bonds. The van der Waals surface area contributed by atoms with Gasteiger partial charge in [-0.3, -0.25) is 4.79 Å². The van der Waals surface area contributed by atoms with E-state index >= 15 is 0 Å². The Morgan fingerprint density at radius 2 is 1.82 bits per heavy atom. The molecule has 0 aliphatic carbocycles. The van der Waals surface area contributed by atoms with Crippen LogP contribution in [0.3, 0.4) is 0 Å². The van der Waals surface area contributed by atoms with Crippen molar-refractivity contribution in [3.05, 3.63) is 53.8 Å². The molecule has 0 spiro atoms. The second kappa shape index (κ2) is 10.4. The van der Waals surface area contributed by atoms with Crippen molar-refractivity contribution in [1.29, 1.82) is 0 Å². The van der Waals surface area contributed by atoms with Crippen molar-refractivity contribution in [2.75, 3.05) is 27.2 Å². The van der Waals surface area contributed by atoms with E-state index in [1.807, 2.05) is 36.2 Å². The second-order valence-electron chi connectivity index (χ2n) is 6.97. The first-order valence-corrected chi connectivity index (χ1v) is 9.51. The number of halogens is 2. The molecule has 1 aliphatic heterocycles. The largest absolute Gasteiger partial charge is 0.496 e. The number of amides is 1. The van der Waals surface area contributed by atoms with Crippen LogP contribution in [0.1, 0.15) is 24.8 Å². The van der Waals surface area contributed by atoms with E-state index in [1.165, 1.54) is 18.6 Å². The highest BCUT2D eigenvalue weighted by Gasteiger charge is 2.24. The number of nitrogens with one attached hydrogen (secondary N) is 1. The molecule has 2 aromatic rings. The van der Waals surface area contributed by atoms with Crippen molar-refractivity contribution < 1.29 is 13.9 Å². The highest BCUT2D eigenvalue weighted by Crippen LogP contribution is 2.30. The SMILES string of the molecule is CNC(Cc1ccc(-c2cc(F)ccc2OC)cc1)C(=O)N1CCCCC1.Cl. The van der Waals surface area contributed by atoms with Gasteiger partial charge in [0.1, 0.15) is 11.6 Å². The van der Waals surface area contributed by atoms with E-state index in [0.717, 1.165) is 42.6 Å². The summed E-state index contributed by atoms with van der Waals surface area (Å²) in [5.74, 6) is 0.517. The average molecular weight is 407 g/mol. The zero-order valence-electron chi connectivity index (χ0n) is 16.4. The van der Waals surface area contributed by atoms with Crippen molar-refractivity contribution in [2.45, 2.75) is 31.7 Å². The number of hydrogen-bond donors (Lipinski definition) is 1. The molecule has 1 aliphatic rings. The average Bonchev–Trinajstić information content (AvgIpc) is 2.72. The van der Waals surface area contributed by atoms with E-state index in [-0.39, 0.29) is 30.2 Å². The molecule has 3 rings (SSSR count). The van der Waals surface area contributed by atoms with E-state index < -0.39 is 0 Å². The summed E-state index contributed by atoms with van der Waals surface area (Å²) in [5, 5.41) is 3.16. The van der Waals surface area contributed by atoms with E-state index in [2.05, 4.69) is 5.32 Å². The lowest BCUT2D eigenvalue weighted by Crippen LogP contribution is -2.48. The fraction of sp³-hybridized carbons (Fsp3) is 0.409. The number of piperidine rings is 1. The van der Waals surface area contributed by atoms with Gasteiger partial charge in [0.25, 0.3) is 0 Å². The third-order valence-electron chi connectivity index (χ3n) is 5.18. The summed E-state index contributed by atoms with van der Waals surface area (Å²) >= 11 is 0. The zero-order valence-corrected chi connectivity index (χ0v) is 17.2. The Labute approximate surface area is 172 Å². The molecule has 1 saturated heterocycles. The molecule has 28 heavy (non-hydrogen) atoms. The summed E-state index contributed by atoms with van der Waals surface area (Å²) < 4.78 is 19.0. The van der Waals surface area contributed by atoms with Crippen LogP contribution in [0.25, 0.3) is 11.1 Å². The minimum atomic E-state index is -0.294. The number of benzene rings is 2. The van der Waals surface area contributed by atoms with Crippen LogP contribution < -0.4 is 10.1 Å². The summed E-state index contributed by atoms with van der Waals surface area (Å²) in [6, 6.07) is 12.2. The molecule has 1 fully saturated rings. The van der Waals surface area contributed by atoms with Gasteiger partial charge in [-0.2, -0.15) is 0 Å². The molecular weight excluding hydrogens is 379 g/mol. The van der Waals surface area contributed by atoms with Gasteiger partial charge in [-0.05, 0) is 62.1 Å². The smallest absolute Gasteiger partial charge is 0.240 e. The number of ether oxygens (including phenoxy) is 1. The molecule has 1 N–H and O–H groups in total. The quantitative estimate of drug-likeness (QED) is 0.786. The normalized spacial score (nSPS) is 14.9. The number of hydrogen-bond acceptors (Lipinski definition) is 3. The van der Waals surface area contributed by atoms with Crippen LogP contribution in [0.4, 0.5) is 4.39 Å². The molecule has 0 aromatic heterocycles. The number of carbonyl (C=O) groups is 1. The maximum Gasteiger partial charge on any atom is 0.240 e. The number of likely N-dealkylation sites (tertiary alicyclic amines) is 1. The minimum Gasteiger partial charge on any atom is -0.496 e. The number of nitrogens with zero attached hydrogens (tertiary/aromatic N) is 1. The van der Waals surface area contributed by atoms with Crippen LogP contribution >= 0.6 is 12.4 Å². The van der Waals surface area contributed by atoms with Gasteiger partial charge in [0.2, 0.25) is 5.91 Å². The van der Waals surface area contributed by atoms with Gasteiger partial charge < -0.3 is 15.0 Å². The molecule has 2 aromatic carbocycles. The maximum absolute atomic E-state index is 13.6. The van der Waals surface area contributed by atoms with Gasteiger partial charge in [-0.25, -0.2) is 4.39 Å². The Bertz CT molecular complexity index is 777. The summed E-state index contributed by atoms with van der Waals surface area (Å²) in [5.41, 5.74) is 2.68. The first-order valence-electron chi connectivity index (χ1n) is 9.51. The first-order chi connectivity index (χ1) is 13.1. The summed E-state index contributed by atoms with van der Waals surface area (Å²) in [6.45, 7) is 1.71. The predicted octanol–water partition coefficient (Wildman–Crippen LogP) is 4.07. The number of likely N-dealkylation sites (N-methyl/N-ethyl adjacent to an activating group) is 1. The van der Waals surface area contributed by atoms with Gasteiger partial charge in [0, 0.05) is 18.7 Å². The van der Waals surface area contributed by atoms with E-state index in [1.54, 1.807) is 13.2 Å². The fourth-order valence-corrected chi connectivity index (χ4v) is 3.61. The van der Waals surface area contributed by atoms with Crippen molar-refractivity contribution in [1.82, 2.24) is 10.2 Å². The Balaban J connectivity index is 0.00000280. The van der Waals surface area contributed by atoms with Crippen molar-refractivity contribution in [3.63, 3.8) is 0 Å². The summed E-state index contributed by atoms with van der Waals surface area (Å²) in [4.78, 5) is 14.7. The monoisotopic (exact) mass is 406 g/mol. The fourth-order valence-electron chi connectivity index (χ4n) is 3.61. The standard InChI is InChI=1S/C22H27FN2O2.ClH/c1-24-20(22(26)25-12-4-3-5-13-25)14-16-6-8-17(9-7-16)19-15-18(23)10-11-21(19)27-2;/h6-11,15,20,24H,3-5,12-14H2,1-2H3;1H. The van der Waals surface area contributed by atoms with Gasteiger partial charge >= 0.3 is 0 Å². The number of carbonyl (C=O) groups excluding carboxylic acids is 1. The van der Waals surface area contributed by atoms with Crippen molar-refractivity contribution in [3.8, 4) is 16.9 Å². The lowest BCUT2D eigenvalue weighted by molar-refractivity contribution is -0.134. The van der Waals surface area contributed by atoms with E-state index in [4.69, 9.17) is 4.74 Å². The Hall–Kier alpha value is -2.11. The van der Waals surface area contributed by atoms with Crippen LogP contribution in [-0.2, 0) is 11.2 Å². The molecule has 0 radical (unpaired) electrons. The Kier molecular flexibility index (Phi) is 8.27. The highest BCUT2D eigenvalue weighted by atomic mass is 35.5. The summed E-state index contributed by atoms with van der Waals surface area (Å²) in [6.07, 6.45) is 4.02. The molecule has 1 heterocycles. The summed E-state index contributed by atoms with van der Waals surface area (Å²) in [7, 11) is 3.41. The number of rotatable bonds is 6. The molecule has 152 valence electrons.